The first-order valence-corrected chi connectivity index (χ1v) is 13.4. The second-order valence-electron chi connectivity index (χ2n) is 9.96. The lowest BCUT2D eigenvalue weighted by Gasteiger charge is -2.42. The second-order valence-corrected chi connectivity index (χ2v) is 10.2. The summed E-state index contributed by atoms with van der Waals surface area (Å²) in [5.74, 6) is 0.887. The van der Waals surface area contributed by atoms with Crippen molar-refractivity contribution in [1.29, 1.82) is 0 Å². The molecule has 7 nitrogen and oxygen atoms in total. The molecule has 0 N–H and O–H groups in total. The summed E-state index contributed by atoms with van der Waals surface area (Å²) < 4.78 is 27.2. The highest BCUT2D eigenvalue weighted by molar-refractivity contribution is 6.18. The van der Waals surface area contributed by atoms with E-state index in [-0.39, 0.29) is 24.1 Å². The van der Waals surface area contributed by atoms with Crippen LogP contribution in [-0.2, 0) is 15.1 Å². The maximum absolute atomic E-state index is 12.2. The molecule has 2 aliphatic heterocycles. The van der Waals surface area contributed by atoms with Crippen molar-refractivity contribution in [3.63, 3.8) is 0 Å². The van der Waals surface area contributed by atoms with Crippen molar-refractivity contribution < 1.29 is 18.9 Å². The number of aromatic nitrogens is 2. The van der Waals surface area contributed by atoms with E-state index in [0.717, 1.165) is 22.4 Å². The predicted molar refractivity (Wildman–Crippen MR) is 148 cm³/mol. The smallest absolute Gasteiger partial charge is 0.301 e. The molecule has 3 aromatic carbocycles. The van der Waals surface area contributed by atoms with Crippen molar-refractivity contribution in [3.05, 3.63) is 124 Å². The number of fused-ring (bicyclic) bond motifs is 4. The van der Waals surface area contributed by atoms with Crippen LogP contribution in [0.2, 0.25) is 0 Å². The maximum atomic E-state index is 12.2. The monoisotopic (exact) mass is 544 g/mol. The first kappa shape index (κ1) is 25.6. The summed E-state index contributed by atoms with van der Waals surface area (Å²) in [6, 6.07) is 28.5. The van der Waals surface area contributed by atoms with Gasteiger partial charge in [0.05, 0.1) is 19.1 Å². The number of benzene rings is 3. The molecule has 3 atom stereocenters. The molecular formula is C31H29ClN2O5. The third-order valence-corrected chi connectivity index (χ3v) is 8.07. The van der Waals surface area contributed by atoms with Gasteiger partial charge in [-0.05, 0) is 35.7 Å². The molecule has 3 heterocycles. The molecular weight excluding hydrogens is 516 g/mol. The lowest BCUT2D eigenvalue weighted by Crippen LogP contribution is -2.51. The molecule has 200 valence electrons. The molecule has 1 aromatic heterocycles. The Balaban J connectivity index is 1.51. The molecule has 0 saturated carbocycles. The number of alkyl halides is 1. The minimum absolute atomic E-state index is 0.0927. The van der Waals surface area contributed by atoms with Crippen LogP contribution in [0, 0.1) is 6.92 Å². The third-order valence-electron chi connectivity index (χ3n) is 7.62. The largest absolute Gasteiger partial charge is 0.497 e. The molecule has 0 unspecified atom stereocenters. The van der Waals surface area contributed by atoms with Gasteiger partial charge in [0.2, 0.25) is 0 Å². The van der Waals surface area contributed by atoms with Gasteiger partial charge < -0.3 is 18.9 Å². The van der Waals surface area contributed by atoms with Crippen LogP contribution in [0.15, 0.2) is 95.9 Å². The number of hydrogen-bond acceptors (Lipinski definition) is 6. The van der Waals surface area contributed by atoms with Crippen LogP contribution >= 0.6 is 11.6 Å². The fourth-order valence-electron chi connectivity index (χ4n) is 5.54. The molecule has 2 bridgehead atoms. The number of rotatable bonds is 7. The minimum Gasteiger partial charge on any atom is -0.497 e. The van der Waals surface area contributed by atoms with Gasteiger partial charge in [0.15, 0.2) is 0 Å². The van der Waals surface area contributed by atoms with Crippen LogP contribution in [-0.4, -0.2) is 40.9 Å². The van der Waals surface area contributed by atoms with Crippen LogP contribution < -0.4 is 15.0 Å². The van der Waals surface area contributed by atoms with Crippen molar-refractivity contribution in [1.82, 2.24) is 9.55 Å². The Kier molecular flexibility index (Phi) is 6.67. The van der Waals surface area contributed by atoms with E-state index in [0.29, 0.717) is 12.0 Å². The van der Waals surface area contributed by atoms with E-state index in [4.69, 9.17) is 30.5 Å². The summed E-state index contributed by atoms with van der Waals surface area (Å²) in [7, 11) is 1.65. The Bertz CT molecular complexity index is 1470. The number of methoxy groups -OCH3 is 1. The Morgan fingerprint density at radius 2 is 1.62 bits per heavy atom. The number of hydrogen-bond donors (Lipinski definition) is 0. The molecule has 4 aromatic rings. The van der Waals surface area contributed by atoms with E-state index in [1.165, 1.54) is 0 Å². The van der Waals surface area contributed by atoms with Crippen LogP contribution in [0.4, 0.5) is 0 Å². The number of ether oxygens (including phenoxy) is 4. The normalized spacial score (nSPS) is 22.0. The van der Waals surface area contributed by atoms with Gasteiger partial charge in [-0.1, -0.05) is 72.8 Å². The Morgan fingerprint density at radius 1 is 1.00 bits per heavy atom. The molecule has 1 fully saturated rings. The first-order chi connectivity index (χ1) is 19.0. The SMILES string of the molecule is COc1ccc(C(O[C@H]2C[C@H]3O[C@]2(CCl)COc2nc(=O)c(C)cn23)(c2ccccc2)c2ccccc2)cc1. The van der Waals surface area contributed by atoms with Gasteiger partial charge in [0.1, 0.15) is 29.8 Å². The van der Waals surface area contributed by atoms with Crippen molar-refractivity contribution in [2.45, 2.75) is 36.9 Å². The molecule has 0 radical (unpaired) electrons. The maximum Gasteiger partial charge on any atom is 0.301 e. The van der Waals surface area contributed by atoms with Crippen molar-refractivity contribution >= 4 is 11.6 Å². The predicted octanol–water partition coefficient (Wildman–Crippen LogP) is 5.23. The van der Waals surface area contributed by atoms with Gasteiger partial charge in [0, 0.05) is 18.2 Å². The van der Waals surface area contributed by atoms with Crippen LogP contribution in [0.5, 0.6) is 11.8 Å². The number of halogens is 1. The summed E-state index contributed by atoms with van der Waals surface area (Å²) in [5.41, 5.74) is 1.09. The fourth-order valence-corrected chi connectivity index (χ4v) is 5.85. The molecule has 8 heteroatoms. The summed E-state index contributed by atoms with van der Waals surface area (Å²) in [5, 5.41) is 0. The highest BCUT2D eigenvalue weighted by Gasteiger charge is 2.56. The minimum atomic E-state index is -0.991. The zero-order valence-electron chi connectivity index (χ0n) is 21.7. The number of aryl methyl sites for hydroxylation is 1. The average Bonchev–Trinajstić information content (AvgIpc) is 3.27. The van der Waals surface area contributed by atoms with Gasteiger partial charge >= 0.3 is 6.01 Å². The zero-order valence-corrected chi connectivity index (χ0v) is 22.5. The van der Waals surface area contributed by atoms with E-state index in [1.54, 1.807) is 24.8 Å². The molecule has 0 spiro atoms. The Labute approximate surface area is 231 Å². The van der Waals surface area contributed by atoms with Crippen molar-refractivity contribution in [2.75, 3.05) is 19.6 Å². The average molecular weight is 545 g/mol. The standard InChI is InChI=1S/C31H29ClN2O5/c1-21-18-34-27-17-26(30(19-32,39-27)20-37-29(34)33-28(21)35)38-31(22-9-5-3-6-10-22,23-11-7-4-8-12-23)24-13-15-25(36-2)16-14-24/h3-16,18,26-27H,17,19-20H2,1-2H3/t26-,27+,30+/m0/s1. The van der Waals surface area contributed by atoms with Crippen molar-refractivity contribution in [3.8, 4) is 11.8 Å². The van der Waals surface area contributed by atoms with E-state index in [9.17, 15) is 4.79 Å². The second kappa shape index (κ2) is 10.2. The van der Waals surface area contributed by atoms with E-state index in [1.807, 2.05) is 60.7 Å². The topological polar surface area (TPSA) is 71.8 Å². The highest BCUT2D eigenvalue weighted by atomic mass is 35.5. The first-order valence-electron chi connectivity index (χ1n) is 12.9. The van der Waals surface area contributed by atoms with E-state index in [2.05, 4.69) is 29.2 Å². The van der Waals surface area contributed by atoms with Crippen LogP contribution in [0.25, 0.3) is 0 Å². The Hall–Kier alpha value is -3.65. The molecule has 2 aliphatic rings. The quantitative estimate of drug-likeness (QED) is 0.234. The molecule has 0 amide bonds. The van der Waals surface area contributed by atoms with Gasteiger partial charge in [0.25, 0.3) is 5.56 Å². The Morgan fingerprint density at radius 3 is 2.21 bits per heavy atom. The highest BCUT2D eigenvalue weighted by Crippen LogP contribution is 2.49. The fraction of sp³-hybridized carbons (Fsp3) is 0.290. The zero-order chi connectivity index (χ0) is 27.0. The summed E-state index contributed by atoms with van der Waals surface area (Å²) >= 11 is 6.65. The van der Waals surface area contributed by atoms with E-state index >= 15 is 0 Å². The third kappa shape index (κ3) is 4.31. The van der Waals surface area contributed by atoms with Gasteiger partial charge in [-0.2, -0.15) is 4.98 Å². The molecule has 39 heavy (non-hydrogen) atoms. The summed E-state index contributed by atoms with van der Waals surface area (Å²) in [6.07, 6.45) is 1.30. The van der Waals surface area contributed by atoms with Gasteiger partial charge in [-0.15, -0.1) is 11.6 Å². The number of nitrogens with zero attached hydrogens (tertiary/aromatic N) is 2. The van der Waals surface area contributed by atoms with Crippen molar-refractivity contribution in [2.24, 2.45) is 0 Å². The summed E-state index contributed by atoms with van der Waals surface area (Å²) in [4.78, 5) is 16.3. The summed E-state index contributed by atoms with van der Waals surface area (Å²) in [6.45, 7) is 1.82. The lowest BCUT2D eigenvalue weighted by molar-refractivity contribution is -0.140. The van der Waals surface area contributed by atoms with E-state index < -0.39 is 23.5 Å². The van der Waals surface area contributed by atoms with Crippen LogP contribution in [0.3, 0.4) is 0 Å². The molecule has 6 rings (SSSR count). The molecule has 0 aliphatic carbocycles. The van der Waals surface area contributed by atoms with Gasteiger partial charge in [-0.3, -0.25) is 9.36 Å². The lowest BCUT2D eigenvalue weighted by atomic mass is 9.79. The van der Waals surface area contributed by atoms with Crippen LogP contribution in [0.1, 0.15) is 34.9 Å². The molecule has 1 saturated heterocycles. The van der Waals surface area contributed by atoms with Gasteiger partial charge in [-0.25, -0.2) is 0 Å².